The molecule has 0 spiro atoms. The standard InChI is InChI=1S/C16H25FN2O3S/c1-23(21,22)19-15-7-5-12(6-8-15)10-18-11-16(20)13-3-2-4-14(17)9-13/h2-4,9,12,15-16,18-20H,5-8,10-11H2,1H3/t12?,15?,16-/m0/s1. The van der Waals surface area contributed by atoms with Crippen molar-refractivity contribution >= 4 is 10.0 Å². The highest BCUT2D eigenvalue weighted by molar-refractivity contribution is 7.88. The van der Waals surface area contributed by atoms with Gasteiger partial charge in [0, 0.05) is 12.6 Å². The summed E-state index contributed by atoms with van der Waals surface area (Å²) in [5.41, 5.74) is 0.568. The molecule has 1 aliphatic rings. The van der Waals surface area contributed by atoms with E-state index in [1.54, 1.807) is 12.1 Å². The van der Waals surface area contributed by atoms with Gasteiger partial charge in [-0.2, -0.15) is 0 Å². The second-order valence-electron chi connectivity index (χ2n) is 6.34. The van der Waals surface area contributed by atoms with Gasteiger partial charge in [0.2, 0.25) is 10.0 Å². The van der Waals surface area contributed by atoms with Gasteiger partial charge in [-0.3, -0.25) is 0 Å². The first-order valence-corrected chi connectivity index (χ1v) is 9.84. The van der Waals surface area contributed by atoms with Crippen molar-refractivity contribution in [1.29, 1.82) is 0 Å². The Morgan fingerprint density at radius 3 is 2.61 bits per heavy atom. The smallest absolute Gasteiger partial charge is 0.208 e. The highest BCUT2D eigenvalue weighted by Crippen LogP contribution is 2.24. The molecule has 5 nitrogen and oxygen atoms in total. The van der Waals surface area contributed by atoms with Gasteiger partial charge in [-0.25, -0.2) is 17.5 Å². The van der Waals surface area contributed by atoms with Gasteiger partial charge in [0.15, 0.2) is 0 Å². The van der Waals surface area contributed by atoms with Crippen LogP contribution in [0.2, 0.25) is 0 Å². The first kappa shape index (κ1) is 18.3. The summed E-state index contributed by atoms with van der Waals surface area (Å²) in [5.74, 6) is 0.130. The molecular weight excluding hydrogens is 319 g/mol. The normalized spacial score (nSPS) is 23.6. The minimum absolute atomic E-state index is 0.0409. The molecule has 0 heterocycles. The van der Waals surface area contributed by atoms with E-state index in [-0.39, 0.29) is 11.9 Å². The Hall–Kier alpha value is -1.02. The van der Waals surface area contributed by atoms with Crippen LogP contribution in [-0.4, -0.2) is 38.9 Å². The van der Waals surface area contributed by atoms with Crippen LogP contribution in [-0.2, 0) is 10.0 Å². The van der Waals surface area contributed by atoms with Gasteiger partial charge in [-0.05, 0) is 55.8 Å². The fourth-order valence-corrected chi connectivity index (χ4v) is 3.88. The zero-order chi connectivity index (χ0) is 16.9. The van der Waals surface area contributed by atoms with Crippen molar-refractivity contribution in [2.24, 2.45) is 5.92 Å². The molecule has 0 saturated heterocycles. The molecule has 1 saturated carbocycles. The number of aliphatic hydroxyl groups excluding tert-OH is 1. The molecule has 130 valence electrons. The minimum atomic E-state index is -3.13. The SMILES string of the molecule is CS(=O)(=O)NC1CCC(CNC[C@H](O)c2cccc(F)c2)CC1. The Kier molecular flexibility index (Phi) is 6.52. The summed E-state index contributed by atoms with van der Waals surface area (Å²) >= 11 is 0. The summed E-state index contributed by atoms with van der Waals surface area (Å²) in [4.78, 5) is 0. The van der Waals surface area contributed by atoms with Crippen LogP contribution in [0.4, 0.5) is 4.39 Å². The molecule has 0 aromatic heterocycles. The minimum Gasteiger partial charge on any atom is -0.387 e. The molecular formula is C16H25FN2O3S. The lowest BCUT2D eigenvalue weighted by molar-refractivity contribution is 0.169. The molecule has 3 N–H and O–H groups in total. The topological polar surface area (TPSA) is 78.4 Å². The molecule has 1 fully saturated rings. The van der Waals surface area contributed by atoms with E-state index < -0.39 is 16.1 Å². The number of sulfonamides is 1. The Morgan fingerprint density at radius 2 is 2.00 bits per heavy atom. The molecule has 0 amide bonds. The number of rotatable bonds is 7. The third kappa shape index (κ3) is 6.55. The average molecular weight is 344 g/mol. The summed E-state index contributed by atoms with van der Waals surface area (Å²) in [6.45, 7) is 1.16. The number of aliphatic hydroxyl groups is 1. The fourth-order valence-electron chi connectivity index (χ4n) is 3.04. The maximum absolute atomic E-state index is 13.1. The van der Waals surface area contributed by atoms with Gasteiger partial charge in [0.1, 0.15) is 5.82 Å². The number of benzene rings is 1. The molecule has 1 aliphatic carbocycles. The van der Waals surface area contributed by atoms with E-state index in [1.165, 1.54) is 18.4 Å². The van der Waals surface area contributed by atoms with Crippen molar-refractivity contribution in [3.8, 4) is 0 Å². The molecule has 7 heteroatoms. The van der Waals surface area contributed by atoms with Crippen LogP contribution < -0.4 is 10.0 Å². The van der Waals surface area contributed by atoms with Gasteiger partial charge < -0.3 is 10.4 Å². The van der Waals surface area contributed by atoms with Crippen LogP contribution in [0, 0.1) is 11.7 Å². The lowest BCUT2D eigenvalue weighted by atomic mass is 9.86. The lowest BCUT2D eigenvalue weighted by Gasteiger charge is -2.29. The Bertz CT molecular complexity index is 601. The molecule has 2 rings (SSSR count). The summed E-state index contributed by atoms with van der Waals surface area (Å²) < 4.78 is 38.2. The Balaban J connectivity index is 1.68. The van der Waals surface area contributed by atoms with E-state index in [0.717, 1.165) is 32.2 Å². The first-order valence-electron chi connectivity index (χ1n) is 7.95. The first-order chi connectivity index (χ1) is 10.8. The quantitative estimate of drug-likeness (QED) is 0.701. The van der Waals surface area contributed by atoms with E-state index in [2.05, 4.69) is 10.0 Å². The van der Waals surface area contributed by atoms with Gasteiger partial charge in [-0.15, -0.1) is 0 Å². The van der Waals surface area contributed by atoms with E-state index in [1.807, 2.05) is 0 Å². The number of hydrogen-bond acceptors (Lipinski definition) is 4. The molecule has 0 radical (unpaired) electrons. The number of nitrogens with one attached hydrogen (secondary N) is 2. The predicted octanol–water partition coefficient (Wildman–Crippen LogP) is 1.56. The third-order valence-electron chi connectivity index (χ3n) is 4.23. The Morgan fingerprint density at radius 1 is 1.30 bits per heavy atom. The second kappa shape index (κ2) is 8.19. The highest BCUT2D eigenvalue weighted by atomic mass is 32.2. The fraction of sp³-hybridized carbons (Fsp3) is 0.625. The van der Waals surface area contributed by atoms with Crippen molar-refractivity contribution in [2.75, 3.05) is 19.3 Å². The largest absolute Gasteiger partial charge is 0.387 e. The van der Waals surface area contributed by atoms with Crippen molar-refractivity contribution in [3.05, 3.63) is 35.6 Å². The molecule has 0 unspecified atom stereocenters. The molecule has 1 aromatic carbocycles. The van der Waals surface area contributed by atoms with Gasteiger partial charge in [0.05, 0.1) is 12.4 Å². The van der Waals surface area contributed by atoms with E-state index in [9.17, 15) is 17.9 Å². The molecule has 1 aromatic rings. The van der Waals surface area contributed by atoms with Crippen molar-refractivity contribution in [2.45, 2.75) is 37.8 Å². The molecule has 0 bridgehead atoms. The van der Waals surface area contributed by atoms with Crippen LogP contribution in [0.25, 0.3) is 0 Å². The van der Waals surface area contributed by atoms with Gasteiger partial charge >= 0.3 is 0 Å². The van der Waals surface area contributed by atoms with Crippen LogP contribution in [0.3, 0.4) is 0 Å². The summed E-state index contributed by atoms with van der Waals surface area (Å²) in [6.07, 6.45) is 4.05. The predicted molar refractivity (Wildman–Crippen MR) is 88.0 cm³/mol. The highest BCUT2D eigenvalue weighted by Gasteiger charge is 2.23. The zero-order valence-corrected chi connectivity index (χ0v) is 14.2. The monoisotopic (exact) mass is 344 g/mol. The van der Waals surface area contributed by atoms with E-state index in [0.29, 0.717) is 18.0 Å². The maximum Gasteiger partial charge on any atom is 0.208 e. The van der Waals surface area contributed by atoms with Gasteiger partial charge in [-0.1, -0.05) is 12.1 Å². The second-order valence-corrected chi connectivity index (χ2v) is 8.12. The van der Waals surface area contributed by atoms with E-state index in [4.69, 9.17) is 0 Å². The lowest BCUT2D eigenvalue weighted by Crippen LogP contribution is -2.38. The van der Waals surface area contributed by atoms with Crippen molar-refractivity contribution in [3.63, 3.8) is 0 Å². The summed E-state index contributed by atoms with van der Waals surface area (Å²) in [6, 6.07) is 6.03. The summed E-state index contributed by atoms with van der Waals surface area (Å²) in [5, 5.41) is 13.3. The third-order valence-corrected chi connectivity index (χ3v) is 4.99. The maximum atomic E-state index is 13.1. The van der Waals surface area contributed by atoms with Crippen LogP contribution >= 0.6 is 0 Å². The van der Waals surface area contributed by atoms with Crippen LogP contribution in [0.15, 0.2) is 24.3 Å². The van der Waals surface area contributed by atoms with Crippen LogP contribution in [0.5, 0.6) is 0 Å². The van der Waals surface area contributed by atoms with Gasteiger partial charge in [0.25, 0.3) is 0 Å². The van der Waals surface area contributed by atoms with Crippen molar-refractivity contribution in [1.82, 2.24) is 10.0 Å². The summed E-state index contributed by atoms with van der Waals surface area (Å²) in [7, 11) is -3.13. The molecule has 0 aliphatic heterocycles. The Labute approximate surface area is 137 Å². The zero-order valence-electron chi connectivity index (χ0n) is 13.3. The van der Waals surface area contributed by atoms with Crippen molar-refractivity contribution < 1.29 is 17.9 Å². The van der Waals surface area contributed by atoms with E-state index >= 15 is 0 Å². The molecule has 1 atom stereocenters. The number of halogens is 1. The molecule has 23 heavy (non-hydrogen) atoms. The number of hydrogen-bond donors (Lipinski definition) is 3. The average Bonchev–Trinajstić information content (AvgIpc) is 2.47. The van der Waals surface area contributed by atoms with Crippen LogP contribution in [0.1, 0.15) is 37.4 Å².